The molecule has 0 amide bonds. The fourth-order valence-corrected chi connectivity index (χ4v) is 4.21. The van der Waals surface area contributed by atoms with Gasteiger partial charge >= 0.3 is 0 Å². The minimum Gasteiger partial charge on any atom is -0.299 e. The van der Waals surface area contributed by atoms with E-state index in [2.05, 4.69) is 15.7 Å². The second-order valence-electron chi connectivity index (χ2n) is 6.57. The van der Waals surface area contributed by atoms with Crippen molar-refractivity contribution in [2.45, 2.75) is 37.2 Å². The van der Waals surface area contributed by atoms with Crippen LogP contribution >= 0.6 is 0 Å². The van der Waals surface area contributed by atoms with Gasteiger partial charge in [-0.2, -0.15) is 5.26 Å². The Kier molecular flexibility index (Phi) is 6.04. The predicted molar refractivity (Wildman–Crippen MR) is 101 cm³/mol. The molecule has 0 unspecified atom stereocenters. The van der Waals surface area contributed by atoms with Gasteiger partial charge in [0.05, 0.1) is 16.5 Å². The smallest absolute Gasteiger partial charge is 0.240 e. The molecule has 0 atom stereocenters. The van der Waals surface area contributed by atoms with E-state index in [0.29, 0.717) is 5.56 Å². The highest BCUT2D eigenvalue weighted by molar-refractivity contribution is 7.89. The number of piperidine rings is 1. The van der Waals surface area contributed by atoms with Crippen molar-refractivity contribution in [3.8, 4) is 6.07 Å². The SMILES string of the molecule is N#Cc1ccc(S(=O)(=O)NCc2ccccc2CN2CCCCC2)cc1. The Balaban J connectivity index is 1.69. The molecular weight excluding hydrogens is 346 g/mol. The van der Waals surface area contributed by atoms with Crippen LogP contribution in [0.1, 0.15) is 36.0 Å². The summed E-state index contributed by atoms with van der Waals surface area (Å²) in [5.74, 6) is 0. The van der Waals surface area contributed by atoms with Crippen LogP contribution in [-0.4, -0.2) is 26.4 Å². The van der Waals surface area contributed by atoms with E-state index in [0.717, 1.165) is 30.8 Å². The molecular formula is C20H23N3O2S. The third-order valence-electron chi connectivity index (χ3n) is 4.71. The van der Waals surface area contributed by atoms with Crippen molar-refractivity contribution in [2.75, 3.05) is 13.1 Å². The summed E-state index contributed by atoms with van der Waals surface area (Å²) in [5.41, 5.74) is 2.60. The van der Waals surface area contributed by atoms with Crippen molar-refractivity contribution >= 4 is 10.0 Å². The van der Waals surface area contributed by atoms with Crippen molar-refractivity contribution in [3.05, 3.63) is 65.2 Å². The van der Waals surface area contributed by atoms with Gasteiger partial charge in [0.2, 0.25) is 10.0 Å². The van der Waals surface area contributed by atoms with Gasteiger partial charge in [0, 0.05) is 13.1 Å². The molecule has 6 heteroatoms. The summed E-state index contributed by atoms with van der Waals surface area (Å²) < 4.78 is 27.7. The van der Waals surface area contributed by atoms with E-state index in [-0.39, 0.29) is 11.4 Å². The van der Waals surface area contributed by atoms with Crippen LogP contribution in [0, 0.1) is 11.3 Å². The molecule has 0 aliphatic carbocycles. The van der Waals surface area contributed by atoms with Gasteiger partial charge in [0.25, 0.3) is 0 Å². The summed E-state index contributed by atoms with van der Waals surface area (Å²) in [6.45, 7) is 3.32. The lowest BCUT2D eigenvalue weighted by Gasteiger charge is -2.27. The fraction of sp³-hybridized carbons (Fsp3) is 0.350. The largest absolute Gasteiger partial charge is 0.299 e. The number of hydrogen-bond donors (Lipinski definition) is 1. The summed E-state index contributed by atoms with van der Waals surface area (Å²) in [7, 11) is -3.61. The summed E-state index contributed by atoms with van der Waals surface area (Å²) in [6, 6.07) is 15.9. The number of rotatable bonds is 6. The number of nitrogens with zero attached hydrogens (tertiary/aromatic N) is 2. The topological polar surface area (TPSA) is 73.2 Å². The molecule has 1 heterocycles. The third-order valence-corrected chi connectivity index (χ3v) is 6.12. The fourth-order valence-electron chi connectivity index (χ4n) is 3.21. The molecule has 0 bridgehead atoms. The molecule has 1 N–H and O–H groups in total. The summed E-state index contributed by atoms with van der Waals surface area (Å²) in [4.78, 5) is 2.60. The summed E-state index contributed by atoms with van der Waals surface area (Å²) >= 11 is 0. The van der Waals surface area contributed by atoms with Crippen molar-refractivity contribution in [2.24, 2.45) is 0 Å². The standard InChI is InChI=1S/C20H23N3O2S/c21-14-17-8-10-20(11-9-17)26(24,25)22-15-18-6-2-3-7-19(18)16-23-12-4-1-5-13-23/h2-3,6-11,22H,1,4-5,12-13,15-16H2. The van der Waals surface area contributed by atoms with Gasteiger partial charge in [0.1, 0.15) is 0 Å². The van der Waals surface area contributed by atoms with Crippen LogP contribution in [0.15, 0.2) is 53.4 Å². The average molecular weight is 369 g/mol. The number of benzene rings is 2. The van der Waals surface area contributed by atoms with E-state index < -0.39 is 10.0 Å². The first kappa shape index (κ1) is 18.6. The molecule has 0 spiro atoms. The van der Waals surface area contributed by atoms with Crippen LogP contribution in [-0.2, 0) is 23.1 Å². The Labute approximate surface area is 155 Å². The monoisotopic (exact) mass is 369 g/mol. The minimum atomic E-state index is -3.61. The molecule has 1 fully saturated rings. The quantitative estimate of drug-likeness (QED) is 0.849. The zero-order valence-corrected chi connectivity index (χ0v) is 15.5. The van der Waals surface area contributed by atoms with E-state index in [4.69, 9.17) is 5.26 Å². The Morgan fingerprint density at radius 1 is 0.962 bits per heavy atom. The predicted octanol–water partition coefficient (Wildman–Crippen LogP) is 3.02. The number of hydrogen-bond acceptors (Lipinski definition) is 4. The third kappa shape index (κ3) is 4.70. The minimum absolute atomic E-state index is 0.171. The summed E-state index contributed by atoms with van der Waals surface area (Å²) in [5, 5.41) is 8.83. The van der Waals surface area contributed by atoms with Crippen molar-refractivity contribution in [1.29, 1.82) is 5.26 Å². The molecule has 1 aliphatic rings. The lowest BCUT2D eigenvalue weighted by molar-refractivity contribution is 0.220. The summed E-state index contributed by atoms with van der Waals surface area (Å²) in [6.07, 6.45) is 3.75. The van der Waals surface area contributed by atoms with Crippen LogP contribution in [0.25, 0.3) is 0 Å². The molecule has 3 rings (SSSR count). The van der Waals surface area contributed by atoms with E-state index in [1.165, 1.54) is 43.5 Å². The van der Waals surface area contributed by atoms with Crippen molar-refractivity contribution < 1.29 is 8.42 Å². The molecule has 1 saturated heterocycles. The molecule has 0 radical (unpaired) electrons. The normalized spacial score (nSPS) is 15.5. The van der Waals surface area contributed by atoms with Gasteiger partial charge in [-0.05, 0) is 61.3 Å². The van der Waals surface area contributed by atoms with Crippen molar-refractivity contribution in [3.63, 3.8) is 0 Å². The van der Waals surface area contributed by atoms with Crippen LogP contribution in [0.2, 0.25) is 0 Å². The van der Waals surface area contributed by atoms with Gasteiger partial charge in [0.15, 0.2) is 0 Å². The highest BCUT2D eigenvalue weighted by Crippen LogP contribution is 2.17. The molecule has 0 saturated carbocycles. The van der Waals surface area contributed by atoms with Gasteiger partial charge < -0.3 is 0 Å². The second-order valence-corrected chi connectivity index (χ2v) is 8.33. The number of sulfonamides is 1. The van der Waals surface area contributed by atoms with Gasteiger partial charge in [-0.3, -0.25) is 4.90 Å². The van der Waals surface area contributed by atoms with E-state index in [9.17, 15) is 8.42 Å². The maximum atomic E-state index is 12.5. The highest BCUT2D eigenvalue weighted by Gasteiger charge is 2.16. The lowest BCUT2D eigenvalue weighted by atomic mass is 10.1. The lowest BCUT2D eigenvalue weighted by Crippen LogP contribution is -2.30. The Morgan fingerprint density at radius 3 is 2.27 bits per heavy atom. The molecule has 26 heavy (non-hydrogen) atoms. The molecule has 0 aromatic heterocycles. The first-order valence-corrected chi connectivity index (χ1v) is 10.4. The second kappa shape index (κ2) is 8.45. The van der Waals surface area contributed by atoms with Crippen LogP contribution in [0.4, 0.5) is 0 Å². The average Bonchev–Trinajstić information content (AvgIpc) is 2.68. The van der Waals surface area contributed by atoms with Crippen LogP contribution in [0.5, 0.6) is 0 Å². The van der Waals surface area contributed by atoms with E-state index in [1.807, 2.05) is 24.3 Å². The number of likely N-dealkylation sites (tertiary alicyclic amines) is 1. The van der Waals surface area contributed by atoms with Crippen molar-refractivity contribution in [1.82, 2.24) is 9.62 Å². The maximum Gasteiger partial charge on any atom is 0.240 e. The zero-order valence-electron chi connectivity index (χ0n) is 14.7. The Bertz CT molecular complexity index is 880. The number of nitriles is 1. The van der Waals surface area contributed by atoms with E-state index in [1.54, 1.807) is 0 Å². The van der Waals surface area contributed by atoms with Crippen LogP contribution < -0.4 is 4.72 Å². The van der Waals surface area contributed by atoms with Gasteiger partial charge in [-0.15, -0.1) is 0 Å². The molecule has 2 aromatic carbocycles. The Hall–Kier alpha value is -2.20. The maximum absolute atomic E-state index is 12.5. The van der Waals surface area contributed by atoms with Crippen LogP contribution in [0.3, 0.4) is 0 Å². The van der Waals surface area contributed by atoms with Gasteiger partial charge in [-0.1, -0.05) is 30.7 Å². The first-order valence-electron chi connectivity index (χ1n) is 8.87. The molecule has 5 nitrogen and oxygen atoms in total. The van der Waals surface area contributed by atoms with Gasteiger partial charge in [-0.25, -0.2) is 13.1 Å². The molecule has 1 aliphatic heterocycles. The molecule has 2 aromatic rings. The number of nitrogens with one attached hydrogen (secondary N) is 1. The molecule has 136 valence electrons. The van der Waals surface area contributed by atoms with E-state index >= 15 is 0 Å². The zero-order chi connectivity index (χ0) is 18.4. The highest BCUT2D eigenvalue weighted by atomic mass is 32.2. The Morgan fingerprint density at radius 2 is 1.62 bits per heavy atom. The first-order chi connectivity index (χ1) is 12.6.